The molecule has 5 nitrogen and oxygen atoms in total. The second-order valence-electron chi connectivity index (χ2n) is 6.31. The van der Waals surface area contributed by atoms with E-state index in [4.69, 9.17) is 23.2 Å². The zero-order valence-electron chi connectivity index (χ0n) is 14.7. The second-order valence-corrected chi connectivity index (χ2v) is 7.15. The van der Waals surface area contributed by atoms with Crippen LogP contribution in [0.4, 0.5) is 5.82 Å². The van der Waals surface area contributed by atoms with Gasteiger partial charge in [0, 0.05) is 61.6 Å². The summed E-state index contributed by atoms with van der Waals surface area (Å²) in [6, 6.07) is 11.6. The summed E-state index contributed by atoms with van der Waals surface area (Å²) in [4.78, 5) is 13.2. The first-order valence-corrected chi connectivity index (χ1v) is 9.52. The predicted molar refractivity (Wildman–Crippen MR) is 111 cm³/mol. The Morgan fingerprint density at radius 2 is 1.85 bits per heavy atom. The van der Waals surface area contributed by atoms with Crippen LogP contribution in [0.25, 0.3) is 11.9 Å². The van der Waals surface area contributed by atoms with Crippen LogP contribution in [-0.2, 0) is 0 Å². The van der Waals surface area contributed by atoms with Gasteiger partial charge in [-0.05, 0) is 30.3 Å². The van der Waals surface area contributed by atoms with Gasteiger partial charge in [0.2, 0.25) is 0 Å². The summed E-state index contributed by atoms with van der Waals surface area (Å²) in [7, 11) is 0. The Hall–Kier alpha value is -2.50. The van der Waals surface area contributed by atoms with Gasteiger partial charge in [-0.2, -0.15) is 0 Å². The molecule has 1 aromatic carbocycles. The van der Waals surface area contributed by atoms with Crippen LogP contribution in [0.3, 0.4) is 0 Å². The number of hydrogen-bond acceptors (Lipinski definition) is 4. The van der Waals surface area contributed by atoms with Crippen molar-refractivity contribution in [2.75, 3.05) is 31.1 Å². The van der Waals surface area contributed by atoms with Crippen LogP contribution < -0.4 is 4.90 Å². The van der Waals surface area contributed by atoms with E-state index in [1.807, 2.05) is 47.3 Å². The summed E-state index contributed by atoms with van der Waals surface area (Å²) in [5, 5.41) is 1.27. The first kappa shape index (κ1) is 17.9. The van der Waals surface area contributed by atoms with E-state index in [1.54, 1.807) is 18.6 Å². The Labute approximate surface area is 168 Å². The highest BCUT2D eigenvalue weighted by atomic mass is 35.5. The fraction of sp³-hybridized carbons (Fsp3) is 0.200. The van der Waals surface area contributed by atoms with Crippen molar-refractivity contribution in [3.8, 4) is 0 Å². The maximum Gasteiger partial charge on any atom is 0.128 e. The highest BCUT2D eigenvalue weighted by Gasteiger charge is 2.22. The summed E-state index contributed by atoms with van der Waals surface area (Å²) in [6.07, 6.45) is 9.33. The van der Waals surface area contributed by atoms with Crippen LogP contribution in [-0.4, -0.2) is 45.6 Å². The monoisotopic (exact) mass is 399 g/mol. The van der Waals surface area contributed by atoms with E-state index in [0.29, 0.717) is 10.0 Å². The third kappa shape index (κ3) is 4.10. The Morgan fingerprint density at radius 1 is 1.00 bits per heavy atom. The normalized spacial score (nSPS) is 15.3. The topological polar surface area (TPSA) is 37.2 Å². The van der Waals surface area contributed by atoms with Gasteiger partial charge in [-0.25, -0.2) is 9.97 Å². The van der Waals surface area contributed by atoms with Gasteiger partial charge in [0.1, 0.15) is 5.82 Å². The molecule has 0 N–H and O–H groups in total. The smallest absolute Gasteiger partial charge is 0.128 e. The number of piperazine rings is 1. The van der Waals surface area contributed by atoms with E-state index in [-0.39, 0.29) is 0 Å². The predicted octanol–water partition coefficient (Wildman–Crippen LogP) is 4.36. The maximum absolute atomic E-state index is 6.51. The summed E-state index contributed by atoms with van der Waals surface area (Å²) in [6.45, 7) is 3.53. The van der Waals surface area contributed by atoms with Gasteiger partial charge in [0.25, 0.3) is 0 Å². The van der Waals surface area contributed by atoms with Crippen LogP contribution in [0.2, 0.25) is 10.0 Å². The second kappa shape index (κ2) is 8.03. The minimum Gasteiger partial charge on any atom is -0.366 e. The Balaban J connectivity index is 1.60. The van der Waals surface area contributed by atoms with Crippen LogP contribution in [0, 0.1) is 0 Å². The fourth-order valence-electron chi connectivity index (χ4n) is 3.22. The Bertz CT molecular complexity index is 917. The molecule has 0 amide bonds. The van der Waals surface area contributed by atoms with Crippen LogP contribution in [0.5, 0.6) is 0 Å². The van der Waals surface area contributed by atoms with E-state index in [1.165, 1.54) is 0 Å². The highest BCUT2D eigenvalue weighted by Crippen LogP contribution is 2.31. The molecule has 0 spiro atoms. The minimum atomic E-state index is 0.630. The summed E-state index contributed by atoms with van der Waals surface area (Å²) in [5.41, 5.74) is 2.01. The molecular weight excluding hydrogens is 381 g/mol. The fourth-order valence-corrected chi connectivity index (χ4v) is 3.73. The highest BCUT2D eigenvalue weighted by molar-refractivity contribution is 6.35. The first-order chi connectivity index (χ1) is 13.2. The molecule has 7 heteroatoms. The molecule has 2 aromatic heterocycles. The SMILES string of the molecule is Clc1ccc(C(=Cn2ccnc2)N2CCN(c3ccccn3)CC2)c(Cl)c1. The van der Waals surface area contributed by atoms with Crippen molar-refractivity contribution in [2.24, 2.45) is 0 Å². The number of pyridine rings is 1. The van der Waals surface area contributed by atoms with E-state index >= 15 is 0 Å². The Kier molecular flexibility index (Phi) is 5.32. The van der Waals surface area contributed by atoms with Crippen LogP contribution in [0.15, 0.2) is 61.3 Å². The molecule has 1 aliphatic rings. The van der Waals surface area contributed by atoms with Gasteiger partial charge in [-0.15, -0.1) is 0 Å². The molecule has 1 fully saturated rings. The lowest BCUT2D eigenvalue weighted by Crippen LogP contribution is -2.45. The molecular formula is C20H19Cl2N5. The largest absolute Gasteiger partial charge is 0.366 e. The molecule has 0 radical (unpaired) electrons. The number of halogens is 2. The molecule has 4 rings (SSSR count). The van der Waals surface area contributed by atoms with E-state index in [0.717, 1.165) is 43.3 Å². The van der Waals surface area contributed by atoms with Crippen LogP contribution >= 0.6 is 23.2 Å². The van der Waals surface area contributed by atoms with Gasteiger partial charge in [-0.3, -0.25) is 0 Å². The lowest BCUT2D eigenvalue weighted by molar-refractivity contribution is 0.367. The molecule has 0 unspecified atom stereocenters. The quantitative estimate of drug-likeness (QED) is 0.652. The first-order valence-electron chi connectivity index (χ1n) is 8.76. The van der Waals surface area contributed by atoms with E-state index in [2.05, 4.69) is 26.0 Å². The zero-order chi connectivity index (χ0) is 18.6. The van der Waals surface area contributed by atoms with Crippen molar-refractivity contribution >= 4 is 40.9 Å². The van der Waals surface area contributed by atoms with Crippen molar-refractivity contribution in [3.63, 3.8) is 0 Å². The number of hydrogen-bond donors (Lipinski definition) is 0. The maximum atomic E-state index is 6.51. The van der Waals surface area contributed by atoms with Crippen molar-refractivity contribution in [1.82, 2.24) is 19.4 Å². The van der Waals surface area contributed by atoms with Crippen molar-refractivity contribution in [3.05, 3.63) is 76.9 Å². The van der Waals surface area contributed by atoms with Gasteiger partial charge in [0.15, 0.2) is 0 Å². The van der Waals surface area contributed by atoms with Gasteiger partial charge < -0.3 is 14.4 Å². The molecule has 1 saturated heterocycles. The van der Waals surface area contributed by atoms with Crippen molar-refractivity contribution < 1.29 is 0 Å². The zero-order valence-corrected chi connectivity index (χ0v) is 16.2. The van der Waals surface area contributed by atoms with Crippen molar-refractivity contribution in [2.45, 2.75) is 0 Å². The molecule has 3 heterocycles. The molecule has 27 heavy (non-hydrogen) atoms. The number of imidazole rings is 1. The van der Waals surface area contributed by atoms with E-state index in [9.17, 15) is 0 Å². The number of anilines is 1. The summed E-state index contributed by atoms with van der Waals surface area (Å²) in [5.74, 6) is 1.02. The number of benzene rings is 1. The molecule has 1 aliphatic heterocycles. The standard InChI is InChI=1S/C20H19Cl2N5/c21-16-4-5-17(18(22)13-16)19(14-25-8-7-23-15-25)26-9-11-27(12-10-26)20-3-1-2-6-24-20/h1-8,13-15H,9-12H2. The van der Waals surface area contributed by atoms with Crippen molar-refractivity contribution in [1.29, 1.82) is 0 Å². The molecule has 0 aliphatic carbocycles. The number of nitrogens with zero attached hydrogens (tertiary/aromatic N) is 5. The molecule has 138 valence electrons. The lowest BCUT2D eigenvalue weighted by Gasteiger charge is -2.38. The number of rotatable bonds is 4. The summed E-state index contributed by atoms with van der Waals surface area (Å²) >= 11 is 12.6. The number of aromatic nitrogens is 3. The third-order valence-corrected chi connectivity index (χ3v) is 5.14. The molecule has 0 saturated carbocycles. The average molecular weight is 400 g/mol. The lowest BCUT2D eigenvalue weighted by atomic mass is 10.1. The minimum absolute atomic E-state index is 0.630. The van der Waals surface area contributed by atoms with Gasteiger partial charge >= 0.3 is 0 Å². The average Bonchev–Trinajstić information content (AvgIpc) is 3.21. The van der Waals surface area contributed by atoms with Gasteiger partial charge in [-0.1, -0.05) is 29.3 Å². The van der Waals surface area contributed by atoms with Crippen LogP contribution in [0.1, 0.15) is 5.56 Å². The Morgan fingerprint density at radius 3 is 2.52 bits per heavy atom. The molecule has 0 bridgehead atoms. The summed E-state index contributed by atoms with van der Waals surface area (Å²) < 4.78 is 1.94. The molecule has 3 aromatic rings. The third-order valence-electron chi connectivity index (χ3n) is 4.60. The van der Waals surface area contributed by atoms with E-state index < -0.39 is 0 Å². The molecule has 0 atom stereocenters. The van der Waals surface area contributed by atoms with Gasteiger partial charge in [0.05, 0.1) is 17.0 Å².